The van der Waals surface area contributed by atoms with E-state index in [1.165, 1.54) is 26.3 Å². The third-order valence-corrected chi connectivity index (χ3v) is 2.95. The van der Waals surface area contributed by atoms with Crippen LogP contribution in [-0.2, 0) is 14.9 Å². The van der Waals surface area contributed by atoms with E-state index in [1.54, 1.807) is 0 Å². The van der Waals surface area contributed by atoms with Crippen molar-refractivity contribution >= 4 is 21.8 Å². The molecule has 1 aromatic carbocycles. The zero-order valence-electron chi connectivity index (χ0n) is 12.6. The maximum absolute atomic E-state index is 11.0. The molecule has 0 saturated heterocycles. The first kappa shape index (κ1) is 24.1. The van der Waals surface area contributed by atoms with Gasteiger partial charge in [0, 0.05) is 7.05 Å². The Balaban J connectivity index is 0. The molecule has 0 bridgehead atoms. The molecule has 1 rings (SSSR count). The number of methoxy groups -OCH3 is 1. The van der Waals surface area contributed by atoms with Crippen molar-refractivity contribution < 1.29 is 86.7 Å². The molecular formula is C10H11N3Na2O6S. The summed E-state index contributed by atoms with van der Waals surface area (Å²) >= 11 is 0. The van der Waals surface area contributed by atoms with Crippen molar-refractivity contribution in [1.82, 2.24) is 5.01 Å². The number of ether oxygens (including phenoxy) is 1. The number of hydrogen-bond acceptors (Lipinski definition) is 8. The summed E-state index contributed by atoms with van der Waals surface area (Å²) in [7, 11) is -2.16. The van der Waals surface area contributed by atoms with E-state index >= 15 is 0 Å². The fraction of sp³-hybridized carbons (Fsp3) is 0.300. The van der Waals surface area contributed by atoms with Gasteiger partial charge in [0.15, 0.2) is 0 Å². The van der Waals surface area contributed by atoms with E-state index in [2.05, 4.69) is 10.3 Å². The Labute approximate surface area is 172 Å². The van der Waals surface area contributed by atoms with Crippen LogP contribution in [-0.4, -0.2) is 44.7 Å². The number of nitrogens with zero attached hydrogens (tertiary/aromatic N) is 3. The number of carboxylic acids is 1. The summed E-state index contributed by atoms with van der Waals surface area (Å²) in [5, 5.41) is 18.4. The summed E-state index contributed by atoms with van der Waals surface area (Å²) in [6, 6.07) is 3.60. The molecule has 0 fully saturated rings. The number of carbonyl (C=O) groups excluding carboxylic acids is 1. The van der Waals surface area contributed by atoms with Crippen LogP contribution in [0.15, 0.2) is 33.4 Å². The van der Waals surface area contributed by atoms with Crippen LogP contribution in [0.4, 0.5) is 5.69 Å². The number of likely N-dealkylation sites (N-methyl/N-ethyl adjacent to an activating group) is 1. The van der Waals surface area contributed by atoms with Crippen LogP contribution >= 0.6 is 0 Å². The molecule has 12 heteroatoms. The van der Waals surface area contributed by atoms with Gasteiger partial charge in [-0.2, -0.15) is 0 Å². The third kappa shape index (κ3) is 7.88. The molecule has 110 valence electrons. The first-order chi connectivity index (χ1) is 9.24. The third-order valence-electron chi connectivity index (χ3n) is 2.09. The van der Waals surface area contributed by atoms with Crippen molar-refractivity contribution in [3.63, 3.8) is 0 Å². The first-order valence-corrected chi connectivity index (χ1v) is 6.61. The second-order valence-electron chi connectivity index (χ2n) is 3.67. The zero-order chi connectivity index (χ0) is 15.3. The van der Waals surface area contributed by atoms with Gasteiger partial charge in [-0.25, -0.2) is 8.42 Å². The fourth-order valence-electron chi connectivity index (χ4n) is 1.27. The monoisotopic (exact) mass is 347 g/mol. The molecule has 0 unspecified atom stereocenters. The van der Waals surface area contributed by atoms with E-state index in [1.807, 2.05) is 0 Å². The summed E-state index contributed by atoms with van der Waals surface area (Å²) in [4.78, 5) is 9.73. The fourth-order valence-corrected chi connectivity index (χ4v) is 1.93. The van der Waals surface area contributed by atoms with Crippen LogP contribution in [0, 0.1) is 0 Å². The molecule has 0 spiro atoms. The van der Waals surface area contributed by atoms with E-state index < -0.39 is 27.5 Å². The Bertz CT molecular complexity index is 638. The van der Waals surface area contributed by atoms with Gasteiger partial charge in [-0.05, 0) is 18.2 Å². The molecule has 9 nitrogen and oxygen atoms in total. The van der Waals surface area contributed by atoms with Crippen molar-refractivity contribution in [2.75, 3.05) is 20.7 Å². The summed E-state index contributed by atoms with van der Waals surface area (Å²) in [5.41, 5.74) is 0.0606. The largest absolute Gasteiger partial charge is 1.00 e. The predicted molar refractivity (Wildman–Crippen MR) is 63.1 cm³/mol. The number of rotatable bonds is 6. The Morgan fingerprint density at radius 1 is 1.36 bits per heavy atom. The minimum Gasteiger partial charge on any atom is -0.744 e. The molecular weight excluding hydrogens is 336 g/mol. The zero-order valence-corrected chi connectivity index (χ0v) is 17.5. The normalized spacial score (nSPS) is 10.5. The first-order valence-electron chi connectivity index (χ1n) is 5.20. The molecule has 0 aliphatic carbocycles. The standard InChI is InChI=1S/C10H13N3O6S.2Na/c1-13(6-10(14)15)12-11-7-3-4-8(19-2)9(5-7)20(16,17)18;;/h3-5H,6H2,1-2H3,(H,14,15)(H,16,17,18);;/q;2*+1/p-2. The van der Waals surface area contributed by atoms with Gasteiger partial charge in [-0.3, -0.25) is 5.01 Å². The minimum absolute atomic E-state index is 0. The van der Waals surface area contributed by atoms with Crippen molar-refractivity contribution in [2.45, 2.75) is 4.90 Å². The Morgan fingerprint density at radius 2 is 1.95 bits per heavy atom. The van der Waals surface area contributed by atoms with Crippen molar-refractivity contribution in [1.29, 1.82) is 0 Å². The van der Waals surface area contributed by atoms with E-state index in [0.717, 1.165) is 11.1 Å². The number of aliphatic carboxylic acids is 1. The van der Waals surface area contributed by atoms with Gasteiger partial charge < -0.3 is 19.2 Å². The second kappa shape index (κ2) is 10.6. The van der Waals surface area contributed by atoms with Crippen LogP contribution in [0.5, 0.6) is 5.75 Å². The smallest absolute Gasteiger partial charge is 0.744 e. The summed E-state index contributed by atoms with van der Waals surface area (Å²) in [6.07, 6.45) is 0. The average molecular weight is 347 g/mol. The van der Waals surface area contributed by atoms with Crippen LogP contribution in [0.3, 0.4) is 0 Å². The molecule has 0 aliphatic heterocycles. The topological polar surface area (TPSA) is 135 Å². The van der Waals surface area contributed by atoms with Crippen LogP contribution in [0.2, 0.25) is 0 Å². The van der Waals surface area contributed by atoms with Gasteiger partial charge in [0.1, 0.15) is 15.9 Å². The number of carbonyl (C=O) groups is 1. The molecule has 0 radical (unpaired) electrons. The SMILES string of the molecule is COc1ccc(N=NN(C)CC(=O)[O-])cc1S(=O)(=O)[O-].[Na+].[Na+]. The Hall–Kier alpha value is -0.200. The number of benzene rings is 1. The van der Waals surface area contributed by atoms with Gasteiger partial charge in [-0.1, -0.05) is 5.22 Å². The van der Waals surface area contributed by atoms with E-state index in [-0.39, 0.29) is 70.6 Å². The van der Waals surface area contributed by atoms with Gasteiger partial charge in [0.05, 0.1) is 30.2 Å². The Kier molecular flexibility index (Phi) is 11.5. The van der Waals surface area contributed by atoms with Gasteiger partial charge in [0.2, 0.25) is 0 Å². The van der Waals surface area contributed by atoms with E-state index in [0.29, 0.717) is 0 Å². The number of carboxylic acid groups (broad SMARTS) is 1. The second-order valence-corrected chi connectivity index (χ2v) is 5.01. The van der Waals surface area contributed by atoms with E-state index in [9.17, 15) is 22.9 Å². The average Bonchev–Trinajstić information content (AvgIpc) is 2.34. The molecule has 0 atom stereocenters. The molecule has 0 aliphatic rings. The quantitative estimate of drug-likeness (QED) is 0.216. The summed E-state index contributed by atoms with van der Waals surface area (Å²) in [6.45, 7) is -0.480. The number of hydrogen-bond donors (Lipinski definition) is 0. The molecule has 0 heterocycles. The van der Waals surface area contributed by atoms with Gasteiger partial charge >= 0.3 is 59.1 Å². The van der Waals surface area contributed by atoms with Crippen LogP contribution < -0.4 is 69.0 Å². The Morgan fingerprint density at radius 3 is 2.41 bits per heavy atom. The summed E-state index contributed by atoms with van der Waals surface area (Å²) in [5.74, 6) is -1.45. The minimum atomic E-state index is -4.72. The van der Waals surface area contributed by atoms with Gasteiger partial charge in [-0.15, -0.1) is 5.11 Å². The van der Waals surface area contributed by atoms with E-state index in [4.69, 9.17) is 4.74 Å². The molecule has 0 amide bonds. The van der Waals surface area contributed by atoms with Crippen molar-refractivity contribution in [3.05, 3.63) is 18.2 Å². The maximum atomic E-state index is 11.0. The van der Waals surface area contributed by atoms with Crippen molar-refractivity contribution in [3.8, 4) is 5.75 Å². The summed E-state index contributed by atoms with van der Waals surface area (Å²) < 4.78 is 37.9. The van der Waals surface area contributed by atoms with Crippen LogP contribution in [0.1, 0.15) is 0 Å². The molecule has 0 N–H and O–H groups in total. The maximum Gasteiger partial charge on any atom is 1.00 e. The van der Waals surface area contributed by atoms with Gasteiger partial charge in [0.25, 0.3) is 0 Å². The molecule has 0 saturated carbocycles. The van der Waals surface area contributed by atoms with Crippen molar-refractivity contribution in [2.24, 2.45) is 10.3 Å². The van der Waals surface area contributed by atoms with Crippen LogP contribution in [0.25, 0.3) is 0 Å². The molecule has 22 heavy (non-hydrogen) atoms. The predicted octanol–water partition coefficient (Wildman–Crippen LogP) is -6.71. The molecule has 0 aromatic heterocycles. The molecule has 1 aromatic rings.